The number of halogens is 1. The van der Waals surface area contributed by atoms with Gasteiger partial charge in [0, 0.05) is 20.8 Å². The second-order valence-corrected chi connectivity index (χ2v) is 8.86. The van der Waals surface area contributed by atoms with Crippen LogP contribution in [0, 0.1) is 6.92 Å². The average molecular weight is 420 g/mol. The molecule has 0 bridgehead atoms. The Balaban J connectivity index is 1.89. The van der Waals surface area contributed by atoms with E-state index in [9.17, 15) is 4.79 Å². The third-order valence-corrected chi connectivity index (χ3v) is 4.65. The summed E-state index contributed by atoms with van der Waals surface area (Å²) in [5.41, 5.74) is 0.394. The molecule has 0 saturated heterocycles. The van der Waals surface area contributed by atoms with Gasteiger partial charge in [-0.05, 0) is 39.0 Å². The van der Waals surface area contributed by atoms with Gasteiger partial charge in [0.15, 0.2) is 11.6 Å². The normalized spacial score (nSPS) is 12.6. The van der Waals surface area contributed by atoms with Crippen LogP contribution < -0.4 is 5.32 Å². The van der Waals surface area contributed by atoms with E-state index in [1.54, 1.807) is 0 Å². The number of fused-ring (bicyclic) bond motifs is 1. The lowest BCUT2D eigenvalue weighted by Crippen LogP contribution is -2.42. The lowest BCUT2D eigenvalue weighted by Gasteiger charge is -2.22. The van der Waals surface area contributed by atoms with E-state index in [0.29, 0.717) is 17.3 Å². The summed E-state index contributed by atoms with van der Waals surface area (Å²) in [7, 11) is 0. The fraction of sp³-hybridized carbons (Fsp3) is 0.421. The first-order valence-electron chi connectivity index (χ1n) is 8.35. The van der Waals surface area contributed by atoms with Crippen molar-refractivity contribution >= 4 is 32.8 Å². The number of aromatic nitrogens is 2. The first-order valence-corrected chi connectivity index (χ1v) is 9.14. The Bertz CT molecular complexity index is 980. The summed E-state index contributed by atoms with van der Waals surface area (Å²) >= 11 is 3.44. The summed E-state index contributed by atoms with van der Waals surface area (Å²) < 4.78 is 12.0. The maximum absolute atomic E-state index is 12.8. The monoisotopic (exact) mass is 419 g/mol. The molecule has 0 radical (unpaired) electrons. The van der Waals surface area contributed by atoms with E-state index < -0.39 is 5.54 Å². The van der Waals surface area contributed by atoms with Crippen LogP contribution in [0.3, 0.4) is 0 Å². The van der Waals surface area contributed by atoms with Gasteiger partial charge in [0.2, 0.25) is 5.89 Å². The molecule has 0 aliphatic carbocycles. The zero-order chi connectivity index (χ0) is 19.3. The predicted molar refractivity (Wildman–Crippen MR) is 102 cm³/mol. The van der Waals surface area contributed by atoms with E-state index in [1.165, 1.54) is 0 Å². The van der Waals surface area contributed by atoms with E-state index in [4.69, 9.17) is 8.94 Å². The molecule has 0 saturated carbocycles. The fourth-order valence-corrected chi connectivity index (χ4v) is 2.95. The van der Waals surface area contributed by atoms with Crippen molar-refractivity contribution in [3.8, 4) is 0 Å². The van der Waals surface area contributed by atoms with Gasteiger partial charge in [0.05, 0.1) is 5.54 Å². The first kappa shape index (κ1) is 18.6. The molecule has 0 aliphatic heterocycles. The molecule has 0 unspecified atom stereocenters. The summed E-state index contributed by atoms with van der Waals surface area (Å²) in [4.78, 5) is 17.3. The van der Waals surface area contributed by atoms with Gasteiger partial charge in [0.1, 0.15) is 5.58 Å². The molecule has 7 heteroatoms. The van der Waals surface area contributed by atoms with Gasteiger partial charge in [0.25, 0.3) is 5.91 Å². The van der Waals surface area contributed by atoms with Crippen molar-refractivity contribution in [2.45, 2.75) is 52.5 Å². The SMILES string of the molecule is Cc1c(C(=O)NC(C)(C)c2noc(C(C)(C)C)n2)oc2ccc(Br)cc12. The van der Waals surface area contributed by atoms with Crippen LogP contribution in [0.5, 0.6) is 0 Å². The molecule has 2 heterocycles. The van der Waals surface area contributed by atoms with E-state index in [1.807, 2.05) is 59.7 Å². The molecule has 1 aromatic carbocycles. The van der Waals surface area contributed by atoms with Gasteiger partial charge in [-0.3, -0.25) is 4.79 Å². The number of nitrogens with zero attached hydrogens (tertiary/aromatic N) is 2. The highest BCUT2D eigenvalue weighted by Crippen LogP contribution is 2.29. The van der Waals surface area contributed by atoms with Crippen molar-refractivity contribution in [3.63, 3.8) is 0 Å². The minimum atomic E-state index is -0.809. The lowest BCUT2D eigenvalue weighted by molar-refractivity contribution is 0.0880. The van der Waals surface area contributed by atoms with Crippen molar-refractivity contribution < 1.29 is 13.7 Å². The molecule has 26 heavy (non-hydrogen) atoms. The Morgan fingerprint density at radius 1 is 1.19 bits per heavy atom. The number of carbonyl (C=O) groups is 1. The van der Waals surface area contributed by atoms with Crippen LogP contribution in [0.1, 0.15) is 62.5 Å². The number of aryl methyl sites for hydroxylation is 1. The Kier molecular flexibility index (Phi) is 4.46. The van der Waals surface area contributed by atoms with Crippen LogP contribution in [0.15, 0.2) is 31.6 Å². The second kappa shape index (κ2) is 6.23. The maximum Gasteiger partial charge on any atom is 0.288 e. The Morgan fingerprint density at radius 3 is 2.50 bits per heavy atom. The number of benzene rings is 1. The van der Waals surface area contributed by atoms with Crippen LogP contribution >= 0.6 is 15.9 Å². The number of hydrogen-bond donors (Lipinski definition) is 1. The van der Waals surface area contributed by atoms with Gasteiger partial charge >= 0.3 is 0 Å². The zero-order valence-corrected chi connectivity index (χ0v) is 17.3. The standard InChI is InChI=1S/C19H22BrN3O3/c1-10-12-9-11(20)7-8-13(12)25-14(10)15(24)22-19(5,6)16-21-17(26-23-16)18(2,3)4/h7-9H,1-6H3,(H,22,24). The molecule has 3 aromatic rings. The molecule has 138 valence electrons. The van der Waals surface area contributed by atoms with Gasteiger partial charge in [-0.1, -0.05) is 41.9 Å². The van der Waals surface area contributed by atoms with Crippen LogP contribution in [-0.4, -0.2) is 16.0 Å². The van der Waals surface area contributed by atoms with E-state index in [0.717, 1.165) is 15.4 Å². The molecule has 0 fully saturated rings. The van der Waals surface area contributed by atoms with Crippen molar-refractivity contribution in [3.05, 3.63) is 45.7 Å². The predicted octanol–water partition coefficient (Wildman–Crippen LogP) is 4.85. The summed E-state index contributed by atoms with van der Waals surface area (Å²) in [5.74, 6) is 0.916. The molecule has 0 atom stereocenters. The summed E-state index contributed by atoms with van der Waals surface area (Å²) in [6, 6.07) is 5.65. The largest absolute Gasteiger partial charge is 0.451 e. The number of rotatable bonds is 3. The minimum absolute atomic E-state index is 0.256. The second-order valence-electron chi connectivity index (χ2n) is 7.95. The average Bonchev–Trinajstić information content (AvgIpc) is 3.13. The lowest BCUT2D eigenvalue weighted by atomic mass is 9.97. The zero-order valence-electron chi connectivity index (χ0n) is 15.7. The van der Waals surface area contributed by atoms with Crippen molar-refractivity contribution in [1.82, 2.24) is 15.5 Å². The highest BCUT2D eigenvalue weighted by Gasteiger charge is 2.33. The highest BCUT2D eigenvalue weighted by molar-refractivity contribution is 9.10. The number of nitrogens with one attached hydrogen (secondary N) is 1. The third kappa shape index (κ3) is 3.40. The van der Waals surface area contributed by atoms with Gasteiger partial charge < -0.3 is 14.3 Å². The maximum atomic E-state index is 12.8. The van der Waals surface area contributed by atoms with Crippen molar-refractivity contribution in [1.29, 1.82) is 0 Å². The first-order chi connectivity index (χ1) is 12.0. The molecule has 0 aliphatic rings. The van der Waals surface area contributed by atoms with E-state index >= 15 is 0 Å². The minimum Gasteiger partial charge on any atom is -0.451 e. The summed E-state index contributed by atoms with van der Waals surface area (Å²) in [6.45, 7) is 11.5. The summed E-state index contributed by atoms with van der Waals surface area (Å²) in [5, 5.41) is 7.88. The quantitative estimate of drug-likeness (QED) is 0.655. The number of amides is 1. The molecular formula is C19H22BrN3O3. The van der Waals surface area contributed by atoms with Crippen LogP contribution in [-0.2, 0) is 11.0 Å². The smallest absolute Gasteiger partial charge is 0.288 e. The van der Waals surface area contributed by atoms with Crippen LogP contribution in [0.25, 0.3) is 11.0 Å². The fourth-order valence-electron chi connectivity index (χ4n) is 2.59. The van der Waals surface area contributed by atoms with Gasteiger partial charge in [-0.2, -0.15) is 4.98 Å². The van der Waals surface area contributed by atoms with Crippen molar-refractivity contribution in [2.75, 3.05) is 0 Å². The molecule has 2 aromatic heterocycles. The highest BCUT2D eigenvalue weighted by atomic mass is 79.9. The molecule has 6 nitrogen and oxygen atoms in total. The molecule has 1 amide bonds. The third-order valence-electron chi connectivity index (χ3n) is 4.16. The Hall–Kier alpha value is -2.15. The number of hydrogen-bond acceptors (Lipinski definition) is 5. The van der Waals surface area contributed by atoms with Crippen molar-refractivity contribution in [2.24, 2.45) is 0 Å². The summed E-state index contributed by atoms with van der Waals surface area (Å²) in [6.07, 6.45) is 0. The number of carbonyl (C=O) groups excluding carboxylic acids is 1. The molecule has 1 N–H and O–H groups in total. The number of furan rings is 1. The Morgan fingerprint density at radius 2 is 1.88 bits per heavy atom. The van der Waals surface area contributed by atoms with Crippen LogP contribution in [0.2, 0.25) is 0 Å². The van der Waals surface area contributed by atoms with E-state index in [2.05, 4.69) is 31.4 Å². The van der Waals surface area contributed by atoms with E-state index in [-0.39, 0.29) is 17.1 Å². The van der Waals surface area contributed by atoms with Gasteiger partial charge in [-0.25, -0.2) is 0 Å². The topological polar surface area (TPSA) is 81.2 Å². The van der Waals surface area contributed by atoms with Crippen LogP contribution in [0.4, 0.5) is 0 Å². The molecule has 0 spiro atoms. The molecule has 3 rings (SSSR count). The van der Waals surface area contributed by atoms with Gasteiger partial charge in [-0.15, -0.1) is 0 Å². The Labute approximate surface area is 160 Å². The molecular weight excluding hydrogens is 398 g/mol.